The predicted molar refractivity (Wildman–Crippen MR) is 71.1 cm³/mol. The van der Waals surface area contributed by atoms with Gasteiger partial charge >= 0.3 is 5.97 Å². The molecule has 98 valence electrons. The van der Waals surface area contributed by atoms with Crippen molar-refractivity contribution in [3.8, 4) is 0 Å². The molecule has 0 heterocycles. The number of esters is 1. The summed E-state index contributed by atoms with van der Waals surface area (Å²) in [7, 11) is 1.32. The molecule has 0 bridgehead atoms. The van der Waals surface area contributed by atoms with E-state index in [2.05, 4.69) is 4.74 Å². The summed E-state index contributed by atoms with van der Waals surface area (Å²) in [5, 5.41) is -0.689. The molecule has 0 spiro atoms. The highest BCUT2D eigenvalue weighted by atomic mass is 35.5. The number of ether oxygens (including phenoxy) is 1. The smallest absolute Gasteiger partial charge is 0.305 e. The number of benzene rings is 1. The molecule has 18 heavy (non-hydrogen) atoms. The maximum Gasteiger partial charge on any atom is 0.305 e. The monoisotopic (exact) mass is 268 g/mol. The van der Waals surface area contributed by atoms with Gasteiger partial charge < -0.3 is 4.74 Å². The molecule has 1 aromatic rings. The SMILES string of the molecule is COC(=O)CCC(Cl)C(=O)c1ccc(C)c(C)c1. The zero-order valence-corrected chi connectivity index (χ0v) is 11.6. The highest BCUT2D eigenvalue weighted by Crippen LogP contribution is 2.16. The van der Waals surface area contributed by atoms with E-state index in [1.54, 1.807) is 6.07 Å². The molecule has 0 saturated heterocycles. The van der Waals surface area contributed by atoms with Crippen molar-refractivity contribution in [2.75, 3.05) is 7.11 Å². The average molecular weight is 269 g/mol. The number of ketones is 1. The molecular weight excluding hydrogens is 252 g/mol. The fraction of sp³-hybridized carbons (Fsp3) is 0.429. The maximum atomic E-state index is 12.0. The summed E-state index contributed by atoms with van der Waals surface area (Å²) in [6.07, 6.45) is 0.446. The van der Waals surface area contributed by atoms with E-state index < -0.39 is 5.38 Å². The number of Topliss-reactive ketones (excluding diaryl/α,β-unsaturated/α-hetero) is 1. The quantitative estimate of drug-likeness (QED) is 0.468. The number of carbonyl (C=O) groups is 2. The van der Waals surface area contributed by atoms with Crippen molar-refractivity contribution in [3.63, 3.8) is 0 Å². The largest absolute Gasteiger partial charge is 0.469 e. The van der Waals surface area contributed by atoms with Crippen LogP contribution in [0.3, 0.4) is 0 Å². The second-order valence-electron chi connectivity index (χ2n) is 4.25. The number of rotatable bonds is 5. The summed E-state index contributed by atoms with van der Waals surface area (Å²) in [6, 6.07) is 5.48. The van der Waals surface area contributed by atoms with Gasteiger partial charge in [0.05, 0.1) is 12.5 Å². The highest BCUT2D eigenvalue weighted by Gasteiger charge is 2.19. The van der Waals surface area contributed by atoms with Gasteiger partial charge in [0.15, 0.2) is 5.78 Å². The molecule has 0 amide bonds. The van der Waals surface area contributed by atoms with Gasteiger partial charge in [-0.3, -0.25) is 9.59 Å². The van der Waals surface area contributed by atoms with Crippen molar-refractivity contribution in [3.05, 3.63) is 34.9 Å². The lowest BCUT2D eigenvalue weighted by atomic mass is 10.0. The first-order chi connectivity index (χ1) is 8.45. The highest BCUT2D eigenvalue weighted by molar-refractivity contribution is 6.34. The maximum absolute atomic E-state index is 12.0. The summed E-state index contributed by atoms with van der Waals surface area (Å²) in [6.45, 7) is 3.93. The molecule has 0 radical (unpaired) electrons. The summed E-state index contributed by atoms with van der Waals surface area (Å²) in [5.74, 6) is -0.503. The van der Waals surface area contributed by atoms with Gasteiger partial charge in [0.1, 0.15) is 0 Å². The Morgan fingerprint density at radius 3 is 2.50 bits per heavy atom. The standard InChI is InChI=1S/C14H17ClO3/c1-9-4-5-11(8-10(9)2)14(17)12(15)6-7-13(16)18-3/h4-5,8,12H,6-7H2,1-3H3. The van der Waals surface area contributed by atoms with E-state index in [1.165, 1.54) is 7.11 Å². The van der Waals surface area contributed by atoms with Crippen LogP contribution in [0.4, 0.5) is 0 Å². The minimum absolute atomic E-state index is 0.149. The van der Waals surface area contributed by atoms with Crippen LogP contribution in [0.5, 0.6) is 0 Å². The van der Waals surface area contributed by atoms with Crippen LogP contribution in [-0.2, 0) is 9.53 Å². The first-order valence-electron chi connectivity index (χ1n) is 5.78. The van der Waals surface area contributed by atoms with Gasteiger partial charge in [0.25, 0.3) is 0 Å². The molecule has 1 rings (SSSR count). The molecule has 0 aliphatic carbocycles. The van der Waals surface area contributed by atoms with Crippen molar-refractivity contribution in [2.24, 2.45) is 0 Å². The third-order valence-electron chi connectivity index (χ3n) is 2.91. The van der Waals surface area contributed by atoms with Crippen molar-refractivity contribution in [1.82, 2.24) is 0 Å². The number of methoxy groups -OCH3 is 1. The van der Waals surface area contributed by atoms with Crippen LogP contribution < -0.4 is 0 Å². The molecule has 0 aromatic heterocycles. The van der Waals surface area contributed by atoms with Crippen LogP contribution in [0.25, 0.3) is 0 Å². The van der Waals surface area contributed by atoms with Gasteiger partial charge in [-0.15, -0.1) is 11.6 Å². The molecule has 0 fully saturated rings. The molecule has 1 atom stereocenters. The van der Waals surface area contributed by atoms with Crippen molar-refractivity contribution < 1.29 is 14.3 Å². The van der Waals surface area contributed by atoms with Gasteiger partial charge in [0, 0.05) is 12.0 Å². The number of alkyl halides is 1. The molecule has 4 heteroatoms. The zero-order chi connectivity index (χ0) is 13.7. The Morgan fingerprint density at radius 1 is 1.28 bits per heavy atom. The molecule has 0 aliphatic rings. The van der Waals surface area contributed by atoms with E-state index in [9.17, 15) is 9.59 Å². The molecule has 0 saturated carbocycles. The second kappa shape index (κ2) is 6.55. The van der Waals surface area contributed by atoms with Crippen LogP contribution in [0, 0.1) is 13.8 Å². The van der Waals surface area contributed by atoms with E-state index in [0.29, 0.717) is 12.0 Å². The summed E-state index contributed by atoms with van der Waals surface area (Å²) in [4.78, 5) is 23.0. The van der Waals surface area contributed by atoms with E-state index >= 15 is 0 Å². The first kappa shape index (κ1) is 14.7. The molecular formula is C14H17ClO3. The Morgan fingerprint density at radius 2 is 1.94 bits per heavy atom. The minimum Gasteiger partial charge on any atom is -0.469 e. The number of aryl methyl sites for hydroxylation is 2. The van der Waals surface area contributed by atoms with Crippen LogP contribution in [0.1, 0.15) is 34.3 Å². The molecule has 1 unspecified atom stereocenters. The van der Waals surface area contributed by atoms with Gasteiger partial charge in [-0.2, -0.15) is 0 Å². The van der Waals surface area contributed by atoms with Crippen LogP contribution in [-0.4, -0.2) is 24.2 Å². The van der Waals surface area contributed by atoms with E-state index in [0.717, 1.165) is 11.1 Å². The second-order valence-corrected chi connectivity index (χ2v) is 4.77. The van der Waals surface area contributed by atoms with E-state index in [4.69, 9.17) is 11.6 Å². The average Bonchev–Trinajstić information content (AvgIpc) is 2.37. The lowest BCUT2D eigenvalue weighted by molar-refractivity contribution is -0.140. The van der Waals surface area contributed by atoms with Gasteiger partial charge in [-0.25, -0.2) is 0 Å². The first-order valence-corrected chi connectivity index (χ1v) is 6.21. The summed E-state index contributed by atoms with van der Waals surface area (Å²) < 4.78 is 4.51. The molecule has 3 nitrogen and oxygen atoms in total. The fourth-order valence-electron chi connectivity index (χ4n) is 1.55. The normalized spacial score (nSPS) is 12.0. The summed E-state index contributed by atoms with van der Waals surface area (Å²) in [5.41, 5.74) is 2.77. The van der Waals surface area contributed by atoms with Crippen molar-refractivity contribution in [1.29, 1.82) is 0 Å². The third kappa shape index (κ3) is 3.84. The van der Waals surface area contributed by atoms with E-state index in [1.807, 2.05) is 26.0 Å². The van der Waals surface area contributed by atoms with Gasteiger partial charge in [-0.05, 0) is 37.5 Å². The van der Waals surface area contributed by atoms with Crippen LogP contribution in [0.2, 0.25) is 0 Å². The van der Waals surface area contributed by atoms with Crippen LogP contribution >= 0.6 is 11.6 Å². The number of halogens is 1. The summed E-state index contributed by atoms with van der Waals surface area (Å²) >= 11 is 6.00. The van der Waals surface area contributed by atoms with E-state index in [-0.39, 0.29) is 18.2 Å². The molecule has 0 N–H and O–H groups in total. The van der Waals surface area contributed by atoms with Gasteiger partial charge in [-0.1, -0.05) is 12.1 Å². The van der Waals surface area contributed by atoms with Crippen molar-refractivity contribution in [2.45, 2.75) is 32.1 Å². The molecule has 1 aromatic carbocycles. The zero-order valence-electron chi connectivity index (χ0n) is 10.8. The number of hydrogen-bond acceptors (Lipinski definition) is 3. The lowest BCUT2D eigenvalue weighted by Gasteiger charge is -2.09. The Hall–Kier alpha value is -1.35. The fourth-order valence-corrected chi connectivity index (χ4v) is 1.79. The predicted octanol–water partition coefficient (Wildman–Crippen LogP) is 3.05. The Balaban J connectivity index is 2.68. The third-order valence-corrected chi connectivity index (χ3v) is 3.32. The number of carbonyl (C=O) groups excluding carboxylic acids is 2. The van der Waals surface area contributed by atoms with Crippen molar-refractivity contribution >= 4 is 23.4 Å². The topological polar surface area (TPSA) is 43.4 Å². The Kier molecular flexibility index (Phi) is 5.35. The molecule has 0 aliphatic heterocycles. The Labute approximate surface area is 112 Å². The lowest BCUT2D eigenvalue weighted by Crippen LogP contribution is -2.17. The van der Waals surface area contributed by atoms with Crippen LogP contribution in [0.15, 0.2) is 18.2 Å². The number of hydrogen-bond donors (Lipinski definition) is 0. The Bertz CT molecular complexity index is 454. The van der Waals surface area contributed by atoms with Gasteiger partial charge in [0.2, 0.25) is 0 Å². The minimum atomic E-state index is -0.689.